The number of hydrogen-bond acceptors (Lipinski definition) is 3. The quantitative estimate of drug-likeness (QED) is 0.678. The van der Waals surface area contributed by atoms with Gasteiger partial charge in [0.05, 0.1) is 6.54 Å². The van der Waals surface area contributed by atoms with Gasteiger partial charge in [-0.1, -0.05) is 6.92 Å². The summed E-state index contributed by atoms with van der Waals surface area (Å²) in [6, 6.07) is 0. The van der Waals surface area contributed by atoms with Gasteiger partial charge in [-0.15, -0.1) is 0 Å². The monoisotopic (exact) mass is 180 g/mol. The molecule has 1 aliphatic heterocycles. The predicted molar refractivity (Wildman–Crippen MR) is 50.5 cm³/mol. The maximum absolute atomic E-state index is 4.34. The number of rotatable bonds is 4. The van der Waals surface area contributed by atoms with E-state index < -0.39 is 0 Å². The van der Waals surface area contributed by atoms with E-state index in [1.165, 1.54) is 19.5 Å². The van der Waals surface area contributed by atoms with E-state index in [0.717, 1.165) is 25.3 Å². The van der Waals surface area contributed by atoms with Crippen LogP contribution in [0.1, 0.15) is 19.2 Å². The molecule has 1 aromatic heterocycles. The Morgan fingerprint density at radius 3 is 2.77 bits per heavy atom. The molecule has 0 radical (unpaired) electrons. The molecule has 4 heteroatoms. The molecule has 1 fully saturated rings. The lowest BCUT2D eigenvalue weighted by Crippen LogP contribution is -2.39. The first-order valence-corrected chi connectivity index (χ1v) is 4.99. The average Bonchev–Trinajstić information content (AvgIpc) is 2.49. The molecule has 13 heavy (non-hydrogen) atoms. The van der Waals surface area contributed by atoms with Crippen LogP contribution in [0.15, 0.2) is 6.33 Å². The number of nitrogens with zero attached hydrogens (tertiary/aromatic N) is 4. The Labute approximate surface area is 78.6 Å². The Kier molecular flexibility index (Phi) is 2.59. The highest BCUT2D eigenvalue weighted by Crippen LogP contribution is 2.04. The molecule has 0 unspecified atom stereocenters. The van der Waals surface area contributed by atoms with Crippen molar-refractivity contribution in [2.24, 2.45) is 0 Å². The maximum atomic E-state index is 4.34. The molecule has 1 aliphatic rings. The van der Waals surface area contributed by atoms with E-state index in [2.05, 4.69) is 21.9 Å². The van der Waals surface area contributed by atoms with E-state index in [1.807, 2.05) is 11.0 Å². The van der Waals surface area contributed by atoms with E-state index in [1.54, 1.807) is 0 Å². The zero-order valence-corrected chi connectivity index (χ0v) is 8.11. The number of aromatic nitrogens is 3. The van der Waals surface area contributed by atoms with Gasteiger partial charge in [0, 0.05) is 13.0 Å². The summed E-state index contributed by atoms with van der Waals surface area (Å²) in [6.07, 6.45) is 4.12. The van der Waals surface area contributed by atoms with E-state index in [4.69, 9.17) is 0 Å². The van der Waals surface area contributed by atoms with Crippen molar-refractivity contribution in [1.29, 1.82) is 0 Å². The average molecular weight is 180 g/mol. The fraction of sp³-hybridized carbons (Fsp3) is 0.778. The SMILES string of the molecule is CCc1ncn(CCN2CCC2)n1. The van der Waals surface area contributed by atoms with Crippen molar-refractivity contribution in [1.82, 2.24) is 19.7 Å². The molecule has 0 atom stereocenters. The van der Waals surface area contributed by atoms with Gasteiger partial charge in [-0.25, -0.2) is 4.98 Å². The molecule has 1 aromatic rings. The Morgan fingerprint density at radius 1 is 1.38 bits per heavy atom. The second-order valence-electron chi connectivity index (χ2n) is 3.47. The summed E-state index contributed by atoms with van der Waals surface area (Å²) in [5.74, 6) is 0.948. The molecule has 2 rings (SSSR count). The summed E-state index contributed by atoms with van der Waals surface area (Å²) in [6.45, 7) is 6.69. The van der Waals surface area contributed by atoms with Gasteiger partial charge in [-0.05, 0) is 19.5 Å². The van der Waals surface area contributed by atoms with Crippen LogP contribution in [-0.4, -0.2) is 39.3 Å². The number of hydrogen-bond donors (Lipinski definition) is 0. The largest absolute Gasteiger partial charge is 0.301 e. The van der Waals surface area contributed by atoms with Crippen molar-refractivity contribution in [2.75, 3.05) is 19.6 Å². The molecule has 4 nitrogen and oxygen atoms in total. The van der Waals surface area contributed by atoms with Crippen LogP contribution in [0.5, 0.6) is 0 Å². The highest BCUT2D eigenvalue weighted by atomic mass is 15.3. The van der Waals surface area contributed by atoms with Gasteiger partial charge < -0.3 is 4.90 Å². The van der Waals surface area contributed by atoms with Gasteiger partial charge in [0.25, 0.3) is 0 Å². The summed E-state index contributed by atoms with van der Waals surface area (Å²) in [5.41, 5.74) is 0. The minimum atomic E-state index is 0.927. The van der Waals surface area contributed by atoms with Crippen LogP contribution in [-0.2, 0) is 13.0 Å². The highest BCUT2D eigenvalue weighted by molar-refractivity contribution is 4.80. The van der Waals surface area contributed by atoms with Gasteiger partial charge in [-0.2, -0.15) is 5.10 Å². The third-order valence-corrected chi connectivity index (χ3v) is 2.49. The van der Waals surface area contributed by atoms with Crippen LogP contribution in [0.4, 0.5) is 0 Å². The molecule has 0 saturated carbocycles. The molecule has 1 saturated heterocycles. The Hall–Kier alpha value is -0.900. The van der Waals surface area contributed by atoms with Crippen LogP contribution < -0.4 is 0 Å². The fourth-order valence-electron chi connectivity index (χ4n) is 1.45. The zero-order chi connectivity index (χ0) is 9.10. The summed E-state index contributed by atoms with van der Waals surface area (Å²) >= 11 is 0. The molecular weight excluding hydrogens is 164 g/mol. The second kappa shape index (κ2) is 3.87. The van der Waals surface area contributed by atoms with Gasteiger partial charge >= 0.3 is 0 Å². The standard InChI is InChI=1S/C9H16N4/c1-2-9-10-8-13(11-9)7-6-12-4-3-5-12/h8H,2-7H2,1H3. The number of likely N-dealkylation sites (tertiary alicyclic amines) is 1. The predicted octanol–water partition coefficient (Wildman–Crippen LogP) is 0.546. The first-order valence-electron chi connectivity index (χ1n) is 4.99. The van der Waals surface area contributed by atoms with E-state index in [0.29, 0.717) is 0 Å². The van der Waals surface area contributed by atoms with Crippen LogP contribution in [0.2, 0.25) is 0 Å². The summed E-state index contributed by atoms with van der Waals surface area (Å²) < 4.78 is 1.94. The fourth-order valence-corrected chi connectivity index (χ4v) is 1.45. The van der Waals surface area contributed by atoms with E-state index in [-0.39, 0.29) is 0 Å². The van der Waals surface area contributed by atoms with E-state index >= 15 is 0 Å². The van der Waals surface area contributed by atoms with Crippen molar-refractivity contribution in [3.8, 4) is 0 Å². The van der Waals surface area contributed by atoms with Crippen molar-refractivity contribution in [2.45, 2.75) is 26.3 Å². The zero-order valence-electron chi connectivity index (χ0n) is 8.11. The van der Waals surface area contributed by atoms with Crippen molar-refractivity contribution in [3.63, 3.8) is 0 Å². The summed E-state index contributed by atoms with van der Waals surface area (Å²) in [4.78, 5) is 6.63. The lowest BCUT2D eigenvalue weighted by Gasteiger charge is -2.30. The summed E-state index contributed by atoms with van der Waals surface area (Å²) in [5, 5.41) is 4.34. The first kappa shape index (κ1) is 8.69. The van der Waals surface area contributed by atoms with Crippen molar-refractivity contribution < 1.29 is 0 Å². The van der Waals surface area contributed by atoms with Crippen molar-refractivity contribution >= 4 is 0 Å². The van der Waals surface area contributed by atoms with Gasteiger partial charge in [0.2, 0.25) is 0 Å². The first-order chi connectivity index (χ1) is 6.38. The molecule has 72 valence electrons. The molecule has 2 heterocycles. The van der Waals surface area contributed by atoms with Crippen LogP contribution in [0.3, 0.4) is 0 Å². The molecule has 0 aromatic carbocycles. The van der Waals surface area contributed by atoms with Gasteiger partial charge in [0.15, 0.2) is 0 Å². The molecular formula is C9H16N4. The third kappa shape index (κ3) is 2.06. The molecule has 0 amide bonds. The second-order valence-corrected chi connectivity index (χ2v) is 3.47. The molecule has 0 aliphatic carbocycles. The van der Waals surface area contributed by atoms with Gasteiger partial charge in [-0.3, -0.25) is 4.68 Å². The molecule has 0 spiro atoms. The lowest BCUT2D eigenvalue weighted by atomic mass is 10.2. The smallest absolute Gasteiger partial charge is 0.150 e. The minimum Gasteiger partial charge on any atom is -0.301 e. The third-order valence-electron chi connectivity index (χ3n) is 2.49. The highest BCUT2D eigenvalue weighted by Gasteiger charge is 2.12. The number of aryl methyl sites for hydroxylation is 1. The van der Waals surface area contributed by atoms with Crippen LogP contribution >= 0.6 is 0 Å². The topological polar surface area (TPSA) is 34.0 Å². The Morgan fingerprint density at radius 2 is 2.23 bits per heavy atom. The lowest BCUT2D eigenvalue weighted by molar-refractivity contribution is 0.172. The maximum Gasteiger partial charge on any atom is 0.150 e. The van der Waals surface area contributed by atoms with Crippen molar-refractivity contribution in [3.05, 3.63) is 12.2 Å². The molecule has 0 bridgehead atoms. The van der Waals surface area contributed by atoms with Crippen LogP contribution in [0.25, 0.3) is 0 Å². The van der Waals surface area contributed by atoms with Gasteiger partial charge in [0.1, 0.15) is 12.2 Å². The Balaban J connectivity index is 1.79. The molecule has 0 N–H and O–H groups in total. The normalized spacial score (nSPS) is 17.3. The van der Waals surface area contributed by atoms with E-state index in [9.17, 15) is 0 Å². The minimum absolute atomic E-state index is 0.927. The Bertz CT molecular complexity index is 264. The summed E-state index contributed by atoms with van der Waals surface area (Å²) in [7, 11) is 0. The van der Waals surface area contributed by atoms with Crippen LogP contribution in [0, 0.1) is 0 Å².